The van der Waals surface area contributed by atoms with Crippen LogP contribution in [0, 0.1) is 0 Å². The maximum absolute atomic E-state index is 11.2. The highest BCUT2D eigenvalue weighted by Crippen LogP contribution is 2.17. The lowest BCUT2D eigenvalue weighted by Gasteiger charge is -2.08. The van der Waals surface area contributed by atoms with Crippen molar-refractivity contribution in [3.8, 4) is 5.75 Å². The molecule has 1 aromatic carbocycles. The van der Waals surface area contributed by atoms with Crippen LogP contribution in [0.4, 0.5) is 0 Å². The van der Waals surface area contributed by atoms with Crippen molar-refractivity contribution in [3.05, 3.63) is 52.8 Å². The molecule has 0 spiro atoms. The van der Waals surface area contributed by atoms with Gasteiger partial charge in [-0.15, -0.1) is 0 Å². The number of carbonyl (C=O) groups is 1. The fourth-order valence-corrected chi connectivity index (χ4v) is 1.64. The first-order valence-electron chi connectivity index (χ1n) is 6.15. The second-order valence-electron chi connectivity index (χ2n) is 4.34. The summed E-state index contributed by atoms with van der Waals surface area (Å²) in [7, 11) is 0. The normalized spacial score (nSPS) is 10.2. The fraction of sp³-hybridized carbons (Fsp3) is 0.200. The second-order valence-corrected chi connectivity index (χ2v) is 4.34. The van der Waals surface area contributed by atoms with Crippen molar-refractivity contribution in [2.45, 2.75) is 6.92 Å². The number of ether oxygens (including phenoxy) is 2. The SMILES string of the molecule is C=C(C)C(=O)OCCOc1ccc2ccc(=O)[nH]c2c1. The minimum Gasteiger partial charge on any atom is -0.490 e. The standard InChI is InChI=1S/C15H15NO4/c1-10(2)15(18)20-8-7-19-12-5-3-11-4-6-14(17)16-13(11)9-12/h3-6,9H,1,7-8H2,2H3,(H,16,17). The number of H-pyrrole nitrogens is 1. The number of nitrogens with one attached hydrogen (secondary N) is 1. The van der Waals surface area contributed by atoms with Crippen LogP contribution < -0.4 is 10.3 Å². The van der Waals surface area contributed by atoms with Crippen LogP contribution in [0.5, 0.6) is 5.75 Å². The number of esters is 1. The Morgan fingerprint density at radius 3 is 2.75 bits per heavy atom. The van der Waals surface area contributed by atoms with Crippen molar-refractivity contribution in [2.24, 2.45) is 0 Å². The number of aromatic amines is 1. The zero-order valence-electron chi connectivity index (χ0n) is 11.1. The molecule has 0 aliphatic rings. The molecule has 2 rings (SSSR count). The van der Waals surface area contributed by atoms with Gasteiger partial charge in [0.25, 0.3) is 0 Å². The van der Waals surface area contributed by atoms with E-state index in [0.29, 0.717) is 16.8 Å². The second kappa shape index (κ2) is 6.06. The van der Waals surface area contributed by atoms with Crippen LogP contribution in [-0.4, -0.2) is 24.2 Å². The molecule has 0 amide bonds. The predicted molar refractivity (Wildman–Crippen MR) is 75.8 cm³/mol. The highest BCUT2D eigenvalue weighted by molar-refractivity contribution is 5.86. The number of benzene rings is 1. The minimum absolute atomic E-state index is 0.148. The third-order valence-electron chi connectivity index (χ3n) is 2.63. The van der Waals surface area contributed by atoms with Crippen molar-refractivity contribution in [1.29, 1.82) is 0 Å². The molecule has 0 aliphatic heterocycles. The van der Waals surface area contributed by atoms with E-state index in [1.54, 1.807) is 25.1 Å². The number of aromatic nitrogens is 1. The summed E-state index contributed by atoms with van der Waals surface area (Å²) in [5.74, 6) is 0.169. The van der Waals surface area contributed by atoms with Crippen LogP contribution in [0.2, 0.25) is 0 Å². The van der Waals surface area contributed by atoms with Gasteiger partial charge in [-0.05, 0) is 30.5 Å². The number of rotatable bonds is 5. The lowest BCUT2D eigenvalue weighted by atomic mass is 10.2. The molecule has 5 heteroatoms. The topological polar surface area (TPSA) is 68.4 Å². The van der Waals surface area contributed by atoms with Crippen LogP contribution in [-0.2, 0) is 9.53 Å². The molecule has 2 aromatic rings. The van der Waals surface area contributed by atoms with E-state index in [1.165, 1.54) is 6.07 Å². The van der Waals surface area contributed by atoms with Gasteiger partial charge in [0.2, 0.25) is 5.56 Å². The van der Waals surface area contributed by atoms with Gasteiger partial charge in [-0.25, -0.2) is 4.79 Å². The van der Waals surface area contributed by atoms with E-state index in [4.69, 9.17) is 9.47 Å². The van der Waals surface area contributed by atoms with Gasteiger partial charge < -0.3 is 14.5 Å². The minimum atomic E-state index is -0.434. The molecule has 0 bridgehead atoms. The third kappa shape index (κ3) is 3.47. The number of hydrogen-bond acceptors (Lipinski definition) is 4. The van der Waals surface area contributed by atoms with Crippen LogP contribution in [0.15, 0.2) is 47.3 Å². The Labute approximate surface area is 115 Å². The first-order chi connectivity index (χ1) is 9.56. The molecule has 5 nitrogen and oxygen atoms in total. The van der Waals surface area contributed by atoms with E-state index in [1.807, 2.05) is 6.07 Å². The summed E-state index contributed by atoms with van der Waals surface area (Å²) >= 11 is 0. The lowest BCUT2D eigenvalue weighted by molar-refractivity contribution is -0.139. The highest BCUT2D eigenvalue weighted by Gasteiger charge is 2.03. The monoisotopic (exact) mass is 273 g/mol. The number of hydrogen-bond donors (Lipinski definition) is 1. The summed E-state index contributed by atoms with van der Waals surface area (Å²) in [6.07, 6.45) is 0. The Morgan fingerprint density at radius 2 is 2.00 bits per heavy atom. The Balaban J connectivity index is 1.95. The van der Waals surface area contributed by atoms with Gasteiger partial charge in [0.1, 0.15) is 19.0 Å². The molecule has 0 saturated carbocycles. The van der Waals surface area contributed by atoms with Crippen LogP contribution in [0.3, 0.4) is 0 Å². The molecule has 1 aromatic heterocycles. The first kappa shape index (κ1) is 13.9. The average Bonchev–Trinajstić information content (AvgIpc) is 2.42. The number of fused-ring (bicyclic) bond motifs is 1. The molecule has 0 atom stereocenters. The summed E-state index contributed by atoms with van der Waals surface area (Å²) in [5.41, 5.74) is 0.896. The zero-order chi connectivity index (χ0) is 14.5. The van der Waals surface area contributed by atoms with Crippen LogP contribution >= 0.6 is 0 Å². The molecule has 0 aliphatic carbocycles. The van der Waals surface area contributed by atoms with Crippen LogP contribution in [0.25, 0.3) is 10.9 Å². The molecular formula is C15H15NO4. The molecule has 0 saturated heterocycles. The molecule has 1 heterocycles. The van der Waals surface area contributed by atoms with Crippen molar-refractivity contribution in [3.63, 3.8) is 0 Å². The Hall–Kier alpha value is -2.56. The van der Waals surface area contributed by atoms with Crippen molar-refractivity contribution in [1.82, 2.24) is 4.98 Å². The van der Waals surface area contributed by atoms with Crippen LogP contribution in [0.1, 0.15) is 6.92 Å². The van der Waals surface area contributed by atoms with Gasteiger partial charge >= 0.3 is 5.97 Å². The largest absolute Gasteiger partial charge is 0.490 e. The molecule has 0 fully saturated rings. The molecule has 104 valence electrons. The van der Waals surface area contributed by atoms with Gasteiger partial charge in [-0.2, -0.15) is 0 Å². The molecule has 20 heavy (non-hydrogen) atoms. The van der Waals surface area contributed by atoms with Crippen molar-refractivity contribution in [2.75, 3.05) is 13.2 Å². The van der Waals surface area contributed by atoms with Gasteiger partial charge in [0.05, 0.1) is 5.52 Å². The fourth-order valence-electron chi connectivity index (χ4n) is 1.64. The summed E-state index contributed by atoms with van der Waals surface area (Å²) in [5, 5.41) is 0.922. The quantitative estimate of drug-likeness (QED) is 0.514. The molecular weight excluding hydrogens is 258 g/mol. The smallest absolute Gasteiger partial charge is 0.333 e. The number of pyridine rings is 1. The van der Waals surface area contributed by atoms with Crippen molar-refractivity contribution >= 4 is 16.9 Å². The van der Waals surface area contributed by atoms with Gasteiger partial charge in [-0.3, -0.25) is 4.79 Å². The van der Waals surface area contributed by atoms with Crippen molar-refractivity contribution < 1.29 is 14.3 Å². The third-order valence-corrected chi connectivity index (χ3v) is 2.63. The van der Waals surface area contributed by atoms with Gasteiger partial charge in [0.15, 0.2) is 0 Å². The van der Waals surface area contributed by atoms with E-state index in [0.717, 1.165) is 5.39 Å². The Kier molecular flexibility index (Phi) is 4.20. The molecule has 0 radical (unpaired) electrons. The summed E-state index contributed by atoms with van der Waals surface area (Å²) < 4.78 is 10.4. The van der Waals surface area contributed by atoms with Gasteiger partial charge in [-0.1, -0.05) is 6.58 Å². The van der Waals surface area contributed by atoms with Gasteiger partial charge in [0, 0.05) is 17.7 Å². The lowest BCUT2D eigenvalue weighted by Crippen LogP contribution is -2.12. The maximum Gasteiger partial charge on any atom is 0.333 e. The Bertz CT molecular complexity index is 702. The Morgan fingerprint density at radius 1 is 1.25 bits per heavy atom. The zero-order valence-corrected chi connectivity index (χ0v) is 11.1. The summed E-state index contributed by atoms with van der Waals surface area (Å²) in [6.45, 7) is 5.46. The van der Waals surface area contributed by atoms with E-state index >= 15 is 0 Å². The van der Waals surface area contributed by atoms with E-state index in [-0.39, 0.29) is 18.8 Å². The summed E-state index contributed by atoms with van der Waals surface area (Å²) in [4.78, 5) is 25.1. The molecule has 0 unspecified atom stereocenters. The predicted octanol–water partition coefficient (Wildman–Crippen LogP) is 2.03. The van der Waals surface area contributed by atoms with E-state index in [2.05, 4.69) is 11.6 Å². The van der Waals surface area contributed by atoms with E-state index < -0.39 is 5.97 Å². The average molecular weight is 273 g/mol. The number of carbonyl (C=O) groups excluding carboxylic acids is 1. The van der Waals surface area contributed by atoms with E-state index in [9.17, 15) is 9.59 Å². The molecule has 1 N–H and O–H groups in total. The maximum atomic E-state index is 11.2. The first-order valence-corrected chi connectivity index (χ1v) is 6.15. The summed E-state index contributed by atoms with van der Waals surface area (Å²) in [6, 6.07) is 8.59. The highest BCUT2D eigenvalue weighted by atomic mass is 16.6.